The minimum Gasteiger partial charge on any atom is -0.463 e. The van der Waals surface area contributed by atoms with E-state index in [4.69, 9.17) is 4.74 Å². The van der Waals surface area contributed by atoms with E-state index in [2.05, 4.69) is 5.32 Å². The van der Waals surface area contributed by atoms with Gasteiger partial charge in [0, 0.05) is 11.3 Å². The summed E-state index contributed by atoms with van der Waals surface area (Å²) < 4.78 is 32.5. The Bertz CT molecular complexity index is 884. The summed E-state index contributed by atoms with van der Waals surface area (Å²) in [5.41, 5.74) is 2.27. The highest BCUT2D eigenvalue weighted by atomic mass is 19.1. The first kappa shape index (κ1) is 18.8. The molecule has 0 bridgehead atoms. The maximum absolute atomic E-state index is 13.7. The van der Waals surface area contributed by atoms with Gasteiger partial charge in [0.25, 0.3) is 5.91 Å². The number of nitrogens with one attached hydrogen (secondary N) is 1. The number of ether oxygens (including phenoxy) is 1. The third-order valence-electron chi connectivity index (χ3n) is 4.42. The second-order valence-corrected chi connectivity index (χ2v) is 6.16. The lowest BCUT2D eigenvalue weighted by Gasteiger charge is -2.10. The smallest absolute Gasteiger partial charge is 0.334 e. The number of esters is 1. The Balaban J connectivity index is 1.79. The molecule has 1 amide bonds. The first-order chi connectivity index (χ1) is 13.0. The summed E-state index contributed by atoms with van der Waals surface area (Å²) in [5.74, 6) is -2.98. The number of hydrogen-bond acceptors (Lipinski definition) is 3. The van der Waals surface area contributed by atoms with Gasteiger partial charge < -0.3 is 10.1 Å². The molecular weight excluding hydrogens is 352 g/mol. The van der Waals surface area contributed by atoms with Gasteiger partial charge in [-0.1, -0.05) is 18.2 Å². The van der Waals surface area contributed by atoms with Crippen LogP contribution < -0.4 is 5.32 Å². The Hall–Kier alpha value is -3.02. The number of amides is 1. The zero-order valence-corrected chi connectivity index (χ0v) is 14.9. The molecule has 0 radical (unpaired) electrons. The number of carbonyl (C=O) groups is 2. The molecule has 0 atom stereocenters. The van der Waals surface area contributed by atoms with Crippen molar-refractivity contribution in [3.05, 3.63) is 70.8 Å². The number of carbonyl (C=O) groups excluding carboxylic acids is 2. The zero-order valence-electron chi connectivity index (χ0n) is 14.9. The molecule has 2 aromatic carbocycles. The Morgan fingerprint density at radius 3 is 2.33 bits per heavy atom. The van der Waals surface area contributed by atoms with Crippen LogP contribution in [-0.2, 0) is 9.53 Å². The Morgan fingerprint density at radius 1 is 1.04 bits per heavy atom. The predicted octanol–water partition coefficient (Wildman–Crippen LogP) is 4.72. The molecule has 0 unspecified atom stereocenters. The minimum absolute atomic E-state index is 0.294. The van der Waals surface area contributed by atoms with Gasteiger partial charge in [-0.15, -0.1) is 0 Å². The minimum atomic E-state index is -0.917. The van der Waals surface area contributed by atoms with Crippen molar-refractivity contribution in [1.82, 2.24) is 0 Å². The van der Waals surface area contributed by atoms with E-state index in [1.54, 1.807) is 31.2 Å². The zero-order chi connectivity index (χ0) is 19.4. The van der Waals surface area contributed by atoms with Gasteiger partial charge in [-0.3, -0.25) is 4.79 Å². The van der Waals surface area contributed by atoms with Crippen molar-refractivity contribution in [2.24, 2.45) is 0 Å². The number of rotatable bonds is 5. The van der Waals surface area contributed by atoms with Crippen LogP contribution in [0.25, 0.3) is 5.57 Å². The largest absolute Gasteiger partial charge is 0.463 e. The van der Waals surface area contributed by atoms with Gasteiger partial charge in [0.15, 0.2) is 0 Å². The van der Waals surface area contributed by atoms with Crippen LogP contribution in [-0.4, -0.2) is 18.5 Å². The number of allylic oxidation sites excluding steroid dienone is 1. The van der Waals surface area contributed by atoms with Gasteiger partial charge >= 0.3 is 5.97 Å². The first-order valence-electron chi connectivity index (χ1n) is 8.76. The topological polar surface area (TPSA) is 55.4 Å². The van der Waals surface area contributed by atoms with E-state index in [1.807, 2.05) is 0 Å². The number of anilines is 1. The summed E-state index contributed by atoms with van der Waals surface area (Å²) in [7, 11) is 0. The van der Waals surface area contributed by atoms with Crippen LogP contribution in [0.4, 0.5) is 14.5 Å². The van der Waals surface area contributed by atoms with Gasteiger partial charge in [-0.25, -0.2) is 13.6 Å². The highest BCUT2D eigenvalue weighted by Gasteiger charge is 2.23. The lowest BCUT2D eigenvalue weighted by Crippen LogP contribution is -2.15. The van der Waals surface area contributed by atoms with Crippen molar-refractivity contribution in [1.29, 1.82) is 0 Å². The maximum atomic E-state index is 13.7. The number of halogens is 2. The van der Waals surface area contributed by atoms with E-state index in [0.717, 1.165) is 36.1 Å². The molecule has 1 N–H and O–H groups in total. The first-order valence-corrected chi connectivity index (χ1v) is 8.76. The molecule has 140 valence electrons. The molecule has 1 aliphatic carbocycles. The molecule has 0 fully saturated rings. The van der Waals surface area contributed by atoms with Crippen LogP contribution in [0.5, 0.6) is 0 Å². The maximum Gasteiger partial charge on any atom is 0.334 e. The molecule has 1 aliphatic rings. The molecule has 4 nitrogen and oxygen atoms in total. The molecule has 0 saturated heterocycles. The van der Waals surface area contributed by atoms with Crippen molar-refractivity contribution in [3.63, 3.8) is 0 Å². The van der Waals surface area contributed by atoms with Crippen molar-refractivity contribution >= 4 is 23.1 Å². The molecule has 0 saturated carbocycles. The van der Waals surface area contributed by atoms with Crippen molar-refractivity contribution in [2.45, 2.75) is 26.2 Å². The Morgan fingerprint density at radius 2 is 1.70 bits per heavy atom. The second-order valence-electron chi connectivity index (χ2n) is 6.16. The number of hydrogen-bond donors (Lipinski definition) is 1. The summed E-state index contributed by atoms with van der Waals surface area (Å²) in [6, 6.07) is 10.1. The molecule has 0 spiro atoms. The van der Waals surface area contributed by atoms with E-state index >= 15 is 0 Å². The molecular formula is C21H19F2NO3. The van der Waals surface area contributed by atoms with E-state index in [1.165, 1.54) is 6.07 Å². The number of benzene rings is 2. The third-order valence-corrected chi connectivity index (χ3v) is 4.42. The van der Waals surface area contributed by atoms with Crippen LogP contribution in [0, 0.1) is 11.6 Å². The Labute approximate surface area is 155 Å². The highest BCUT2D eigenvalue weighted by molar-refractivity contribution is 6.05. The summed E-state index contributed by atoms with van der Waals surface area (Å²) in [4.78, 5) is 24.2. The fourth-order valence-electron chi connectivity index (χ4n) is 3.17. The fourth-order valence-corrected chi connectivity index (χ4v) is 3.17. The monoisotopic (exact) mass is 371 g/mol. The van der Waals surface area contributed by atoms with Gasteiger partial charge in [0.05, 0.1) is 6.61 Å². The van der Waals surface area contributed by atoms with Crippen LogP contribution in [0.15, 0.2) is 48.0 Å². The molecule has 3 rings (SSSR count). The van der Waals surface area contributed by atoms with E-state index in [-0.39, 0.29) is 5.97 Å². The second kappa shape index (κ2) is 8.12. The van der Waals surface area contributed by atoms with Crippen LogP contribution in [0.1, 0.15) is 42.1 Å². The SMILES string of the molecule is CCOC(=O)C1=C(c2ccc(NC(=O)c3c(F)cccc3F)cc2)CCC1. The van der Waals surface area contributed by atoms with Crippen LogP contribution in [0.2, 0.25) is 0 Å². The van der Waals surface area contributed by atoms with Crippen LogP contribution in [0.3, 0.4) is 0 Å². The van der Waals surface area contributed by atoms with E-state index < -0.39 is 23.1 Å². The Kier molecular flexibility index (Phi) is 5.64. The fraction of sp³-hybridized carbons (Fsp3) is 0.238. The predicted molar refractivity (Wildman–Crippen MR) is 98.2 cm³/mol. The highest BCUT2D eigenvalue weighted by Crippen LogP contribution is 2.35. The molecule has 6 heteroatoms. The third kappa shape index (κ3) is 4.05. The lowest BCUT2D eigenvalue weighted by molar-refractivity contribution is -0.138. The average molecular weight is 371 g/mol. The molecule has 0 aromatic heterocycles. The molecule has 27 heavy (non-hydrogen) atoms. The summed E-state index contributed by atoms with van der Waals surface area (Å²) in [5, 5.41) is 2.49. The average Bonchev–Trinajstić information content (AvgIpc) is 3.12. The van der Waals surface area contributed by atoms with E-state index in [0.29, 0.717) is 24.3 Å². The van der Waals surface area contributed by atoms with Crippen molar-refractivity contribution in [2.75, 3.05) is 11.9 Å². The normalized spacial score (nSPS) is 13.6. The molecule has 2 aromatic rings. The van der Waals surface area contributed by atoms with Gasteiger partial charge in [0.1, 0.15) is 17.2 Å². The van der Waals surface area contributed by atoms with Gasteiger partial charge in [0.2, 0.25) is 0 Å². The van der Waals surface area contributed by atoms with Crippen molar-refractivity contribution in [3.8, 4) is 0 Å². The van der Waals surface area contributed by atoms with Gasteiger partial charge in [-0.05, 0) is 61.6 Å². The summed E-state index contributed by atoms with van der Waals surface area (Å²) in [6.45, 7) is 2.09. The van der Waals surface area contributed by atoms with Gasteiger partial charge in [-0.2, -0.15) is 0 Å². The quantitative estimate of drug-likeness (QED) is 0.774. The standard InChI is InChI=1S/C21H19F2NO3/c1-2-27-21(26)16-6-3-5-15(16)13-9-11-14(12-10-13)24-20(25)19-17(22)7-4-8-18(19)23/h4,7-12H,2-3,5-6H2,1H3,(H,24,25). The molecule has 0 aliphatic heterocycles. The molecule has 0 heterocycles. The van der Waals surface area contributed by atoms with Crippen LogP contribution >= 0.6 is 0 Å². The lowest BCUT2D eigenvalue weighted by atomic mass is 10.0. The summed E-state index contributed by atoms with van der Waals surface area (Å²) >= 11 is 0. The van der Waals surface area contributed by atoms with Crippen molar-refractivity contribution < 1.29 is 23.1 Å². The van der Waals surface area contributed by atoms with E-state index in [9.17, 15) is 18.4 Å². The summed E-state index contributed by atoms with van der Waals surface area (Å²) in [6.07, 6.45) is 2.34.